The summed E-state index contributed by atoms with van der Waals surface area (Å²) in [4.78, 5) is 0. The maximum atomic E-state index is 9.74. The van der Waals surface area contributed by atoms with Gasteiger partial charge in [0.1, 0.15) is 0 Å². The van der Waals surface area contributed by atoms with E-state index in [1.165, 1.54) is 37.7 Å². The molecule has 2 nitrogen and oxygen atoms in total. The Morgan fingerprint density at radius 2 is 1.86 bits per heavy atom. The maximum absolute atomic E-state index is 9.74. The van der Waals surface area contributed by atoms with Crippen LogP contribution in [0.25, 0.3) is 0 Å². The number of aliphatic hydroxyl groups excluding tert-OH is 1. The van der Waals surface area contributed by atoms with E-state index in [4.69, 9.17) is 0 Å². The molecule has 4 rings (SSSR count). The number of benzene rings is 1. The van der Waals surface area contributed by atoms with Gasteiger partial charge >= 0.3 is 0 Å². The molecule has 114 valence electrons. The molecule has 2 N–H and O–H groups in total. The molecular weight excluding hydrogens is 258 g/mol. The summed E-state index contributed by atoms with van der Waals surface area (Å²) in [7, 11) is 0. The Hall–Kier alpha value is -0.860. The first kappa shape index (κ1) is 13.8. The second-order valence-corrected chi connectivity index (χ2v) is 7.50. The highest BCUT2D eigenvalue weighted by Gasteiger charge is 2.53. The molecule has 0 radical (unpaired) electrons. The highest BCUT2D eigenvalue weighted by atomic mass is 16.3. The van der Waals surface area contributed by atoms with Crippen molar-refractivity contribution in [2.75, 3.05) is 6.61 Å². The van der Waals surface area contributed by atoms with Crippen LogP contribution >= 0.6 is 0 Å². The molecule has 21 heavy (non-hydrogen) atoms. The average Bonchev–Trinajstić information content (AvgIpc) is 3.20. The van der Waals surface area contributed by atoms with Gasteiger partial charge in [0.2, 0.25) is 0 Å². The summed E-state index contributed by atoms with van der Waals surface area (Å²) >= 11 is 0. The first-order valence-electron chi connectivity index (χ1n) is 8.76. The van der Waals surface area contributed by atoms with Crippen LogP contribution in [0.15, 0.2) is 30.3 Å². The number of fused-ring (bicyclic) bond motifs is 5. The summed E-state index contributed by atoms with van der Waals surface area (Å²) in [6.07, 6.45) is 8.17. The van der Waals surface area contributed by atoms with Gasteiger partial charge in [-0.3, -0.25) is 0 Å². The molecule has 2 heteroatoms. The quantitative estimate of drug-likeness (QED) is 0.871. The van der Waals surface area contributed by atoms with E-state index in [0.717, 1.165) is 30.1 Å². The van der Waals surface area contributed by atoms with Crippen molar-refractivity contribution in [2.45, 2.75) is 50.6 Å². The van der Waals surface area contributed by atoms with Crippen molar-refractivity contribution in [3.8, 4) is 0 Å². The number of nitrogens with one attached hydrogen (secondary N) is 1. The molecule has 0 amide bonds. The summed E-state index contributed by atoms with van der Waals surface area (Å²) < 4.78 is 0. The van der Waals surface area contributed by atoms with Crippen LogP contribution < -0.4 is 5.32 Å². The van der Waals surface area contributed by atoms with Crippen molar-refractivity contribution in [3.05, 3.63) is 35.9 Å². The minimum absolute atomic E-state index is 0.219. The van der Waals surface area contributed by atoms with Crippen LogP contribution in [0.1, 0.15) is 37.7 Å². The van der Waals surface area contributed by atoms with E-state index < -0.39 is 0 Å². The lowest BCUT2D eigenvalue weighted by Gasteiger charge is -2.34. The van der Waals surface area contributed by atoms with Gasteiger partial charge in [-0.2, -0.15) is 0 Å². The minimum atomic E-state index is 0.219. The lowest BCUT2D eigenvalue weighted by atomic mass is 9.79. The molecule has 1 aromatic rings. The largest absolute Gasteiger partial charge is 0.395 e. The Morgan fingerprint density at radius 1 is 1.05 bits per heavy atom. The van der Waals surface area contributed by atoms with Crippen molar-refractivity contribution in [1.29, 1.82) is 0 Å². The molecule has 1 aromatic carbocycles. The number of hydrogen-bond acceptors (Lipinski definition) is 2. The summed E-state index contributed by atoms with van der Waals surface area (Å²) in [6.45, 7) is 0.247. The van der Waals surface area contributed by atoms with Crippen molar-refractivity contribution in [1.82, 2.24) is 5.32 Å². The van der Waals surface area contributed by atoms with Crippen molar-refractivity contribution < 1.29 is 5.11 Å². The molecule has 3 fully saturated rings. The fourth-order valence-electron chi connectivity index (χ4n) is 5.64. The first-order valence-corrected chi connectivity index (χ1v) is 8.76. The molecule has 0 aliphatic heterocycles. The van der Waals surface area contributed by atoms with Crippen LogP contribution in [-0.2, 0) is 6.42 Å². The molecule has 0 spiro atoms. The zero-order chi connectivity index (χ0) is 14.2. The Bertz CT molecular complexity index is 474. The van der Waals surface area contributed by atoms with E-state index in [0.29, 0.717) is 6.04 Å². The zero-order valence-electron chi connectivity index (χ0n) is 12.7. The molecule has 6 unspecified atom stereocenters. The van der Waals surface area contributed by atoms with Crippen LogP contribution in [0.4, 0.5) is 0 Å². The zero-order valence-corrected chi connectivity index (χ0v) is 12.7. The van der Waals surface area contributed by atoms with Crippen LogP contribution in [0.2, 0.25) is 0 Å². The van der Waals surface area contributed by atoms with E-state index in [1.807, 2.05) is 0 Å². The van der Waals surface area contributed by atoms with Gasteiger partial charge in [-0.15, -0.1) is 0 Å². The smallest absolute Gasteiger partial charge is 0.0587 e. The summed E-state index contributed by atoms with van der Waals surface area (Å²) in [5.41, 5.74) is 1.32. The molecule has 3 aliphatic carbocycles. The Balaban J connectivity index is 1.39. The average molecular weight is 285 g/mol. The highest BCUT2D eigenvalue weighted by molar-refractivity contribution is 5.16. The maximum Gasteiger partial charge on any atom is 0.0587 e. The summed E-state index contributed by atoms with van der Waals surface area (Å²) in [5, 5.41) is 13.6. The molecule has 3 aliphatic rings. The molecule has 0 saturated heterocycles. The lowest BCUT2D eigenvalue weighted by Crippen LogP contribution is -2.47. The molecular formula is C19H27NO. The Morgan fingerprint density at radius 3 is 2.67 bits per heavy atom. The topological polar surface area (TPSA) is 32.3 Å². The number of hydrogen-bond donors (Lipinski definition) is 2. The van der Waals surface area contributed by atoms with E-state index in [-0.39, 0.29) is 12.6 Å². The van der Waals surface area contributed by atoms with Crippen LogP contribution in [-0.4, -0.2) is 23.8 Å². The fraction of sp³-hybridized carbons (Fsp3) is 0.684. The van der Waals surface area contributed by atoms with Gasteiger partial charge in [0.25, 0.3) is 0 Å². The molecule has 6 atom stereocenters. The van der Waals surface area contributed by atoms with Gasteiger partial charge in [-0.25, -0.2) is 0 Å². The Labute approximate surface area is 128 Å². The van der Waals surface area contributed by atoms with Crippen LogP contribution in [0.3, 0.4) is 0 Å². The van der Waals surface area contributed by atoms with Gasteiger partial charge in [0.15, 0.2) is 0 Å². The molecule has 0 aromatic heterocycles. The van der Waals surface area contributed by atoms with Gasteiger partial charge in [-0.1, -0.05) is 36.8 Å². The van der Waals surface area contributed by atoms with Crippen molar-refractivity contribution in [2.24, 2.45) is 23.7 Å². The molecule has 0 heterocycles. The highest BCUT2D eigenvalue weighted by Crippen LogP contribution is 2.58. The summed E-state index contributed by atoms with van der Waals surface area (Å²) in [5.74, 6) is 3.93. The normalized spacial score (nSPS) is 38.6. The fourth-order valence-corrected chi connectivity index (χ4v) is 5.64. The summed E-state index contributed by atoms with van der Waals surface area (Å²) in [6, 6.07) is 11.4. The first-order chi connectivity index (χ1) is 10.3. The van der Waals surface area contributed by atoms with Gasteiger partial charge < -0.3 is 10.4 Å². The molecule has 3 saturated carbocycles. The van der Waals surface area contributed by atoms with E-state index in [9.17, 15) is 5.11 Å². The third kappa shape index (κ3) is 2.53. The monoisotopic (exact) mass is 285 g/mol. The molecule has 2 bridgehead atoms. The third-order valence-corrected chi connectivity index (χ3v) is 6.42. The Kier molecular flexibility index (Phi) is 3.76. The van der Waals surface area contributed by atoms with Crippen LogP contribution in [0.5, 0.6) is 0 Å². The van der Waals surface area contributed by atoms with Gasteiger partial charge in [-0.05, 0) is 61.3 Å². The third-order valence-electron chi connectivity index (χ3n) is 6.42. The standard InChI is InChI=1S/C19H27NO/c21-12-15(9-13-5-2-1-3-6-13)20-19-11-14-10-18(19)17-8-4-7-16(14)17/h1-3,5-6,14-21H,4,7-12H2. The van der Waals surface area contributed by atoms with E-state index in [1.54, 1.807) is 0 Å². The SMILES string of the molecule is OCC(Cc1ccccc1)NC1CC2CC1C1CCCC21. The predicted octanol–water partition coefficient (Wildman–Crippen LogP) is 3.00. The lowest BCUT2D eigenvalue weighted by molar-refractivity contribution is 0.170. The second kappa shape index (κ2) is 5.73. The number of aliphatic hydroxyl groups is 1. The minimum Gasteiger partial charge on any atom is -0.395 e. The predicted molar refractivity (Wildman–Crippen MR) is 85.0 cm³/mol. The van der Waals surface area contributed by atoms with E-state index >= 15 is 0 Å². The van der Waals surface area contributed by atoms with Gasteiger partial charge in [0, 0.05) is 12.1 Å². The van der Waals surface area contributed by atoms with Gasteiger partial charge in [0.05, 0.1) is 6.61 Å². The van der Waals surface area contributed by atoms with E-state index in [2.05, 4.69) is 35.6 Å². The van der Waals surface area contributed by atoms with Crippen LogP contribution in [0, 0.1) is 23.7 Å². The number of rotatable bonds is 5. The van der Waals surface area contributed by atoms with Crippen molar-refractivity contribution in [3.63, 3.8) is 0 Å². The second-order valence-electron chi connectivity index (χ2n) is 7.50. The van der Waals surface area contributed by atoms with Crippen molar-refractivity contribution >= 4 is 0 Å².